The van der Waals surface area contributed by atoms with Crippen LogP contribution in [-0.2, 0) is 6.54 Å². The summed E-state index contributed by atoms with van der Waals surface area (Å²) in [5.74, 6) is 2.29. The van der Waals surface area contributed by atoms with Crippen molar-refractivity contribution in [1.82, 2.24) is 5.32 Å². The summed E-state index contributed by atoms with van der Waals surface area (Å²) in [5, 5.41) is 3.11. The van der Waals surface area contributed by atoms with Crippen LogP contribution in [0, 0.1) is 12.3 Å². The van der Waals surface area contributed by atoms with E-state index in [0.29, 0.717) is 18.5 Å². The van der Waals surface area contributed by atoms with E-state index in [1.165, 1.54) is 18.2 Å². The molecule has 1 N–H and O–H groups in total. The molecule has 0 amide bonds. The molecule has 0 saturated heterocycles. The van der Waals surface area contributed by atoms with Crippen molar-refractivity contribution < 1.29 is 17.9 Å². The average Bonchev–Trinajstić information content (AvgIpc) is 2.25. The van der Waals surface area contributed by atoms with Gasteiger partial charge < -0.3 is 10.1 Å². The van der Waals surface area contributed by atoms with Gasteiger partial charge in [-0.3, -0.25) is 0 Å². The number of rotatable bonds is 5. The Balaban J connectivity index is 2.57. The molecule has 5 heteroatoms. The van der Waals surface area contributed by atoms with E-state index < -0.39 is 6.36 Å². The van der Waals surface area contributed by atoms with Crippen LogP contribution in [0.3, 0.4) is 0 Å². The maximum Gasteiger partial charge on any atom is 0.573 e. The first-order chi connectivity index (χ1) is 8.40. The highest BCUT2D eigenvalue weighted by molar-refractivity contribution is 5.28. The summed E-state index contributed by atoms with van der Waals surface area (Å²) >= 11 is 0. The zero-order valence-corrected chi connectivity index (χ0v) is 9.92. The molecule has 1 aromatic carbocycles. The Labute approximate surface area is 104 Å². The number of halogens is 3. The topological polar surface area (TPSA) is 21.3 Å². The van der Waals surface area contributed by atoms with Crippen molar-refractivity contribution in [3.8, 4) is 18.1 Å². The summed E-state index contributed by atoms with van der Waals surface area (Å²) in [5.41, 5.74) is 0.709. The Bertz CT molecular complexity index is 423. The summed E-state index contributed by atoms with van der Waals surface area (Å²) in [6.07, 6.45) is 1.06. The van der Waals surface area contributed by atoms with Crippen LogP contribution in [0.5, 0.6) is 5.75 Å². The highest BCUT2D eigenvalue weighted by Gasteiger charge is 2.31. The van der Waals surface area contributed by atoms with Gasteiger partial charge in [0.2, 0.25) is 0 Å². The minimum absolute atomic E-state index is 0.113. The van der Waals surface area contributed by atoms with Crippen LogP contribution in [0.15, 0.2) is 24.3 Å². The third-order valence-corrected chi connectivity index (χ3v) is 2.21. The van der Waals surface area contributed by atoms with E-state index in [-0.39, 0.29) is 11.8 Å². The molecule has 0 bridgehead atoms. The zero-order valence-electron chi connectivity index (χ0n) is 9.92. The molecule has 1 aromatic rings. The highest BCUT2D eigenvalue weighted by Crippen LogP contribution is 2.23. The molecule has 1 unspecified atom stereocenters. The number of ether oxygens (including phenoxy) is 1. The van der Waals surface area contributed by atoms with Gasteiger partial charge in [-0.25, -0.2) is 0 Å². The fourth-order valence-electron chi connectivity index (χ4n) is 1.39. The maximum absolute atomic E-state index is 12.0. The Hall–Kier alpha value is -1.67. The monoisotopic (exact) mass is 257 g/mol. The smallest absolute Gasteiger partial charge is 0.406 e. The van der Waals surface area contributed by atoms with Crippen molar-refractivity contribution in [2.24, 2.45) is 0 Å². The molecular formula is C13H14F3NO. The van der Waals surface area contributed by atoms with Gasteiger partial charge in [-0.2, -0.15) is 0 Å². The van der Waals surface area contributed by atoms with Gasteiger partial charge in [0.05, 0.1) is 0 Å². The van der Waals surface area contributed by atoms with Crippen molar-refractivity contribution in [2.75, 3.05) is 0 Å². The molecule has 0 fully saturated rings. The minimum atomic E-state index is -4.66. The van der Waals surface area contributed by atoms with Gasteiger partial charge in [0.25, 0.3) is 0 Å². The molecule has 0 spiro atoms. The number of hydrogen-bond donors (Lipinski definition) is 1. The first kappa shape index (κ1) is 14.4. The Morgan fingerprint density at radius 1 is 1.44 bits per heavy atom. The minimum Gasteiger partial charge on any atom is -0.406 e. The number of terminal acetylenes is 1. The molecule has 18 heavy (non-hydrogen) atoms. The molecular weight excluding hydrogens is 243 g/mol. The van der Waals surface area contributed by atoms with Crippen LogP contribution >= 0.6 is 0 Å². The van der Waals surface area contributed by atoms with E-state index in [1.807, 2.05) is 6.92 Å². The van der Waals surface area contributed by atoms with Crippen LogP contribution < -0.4 is 10.1 Å². The largest absolute Gasteiger partial charge is 0.573 e. The summed E-state index contributed by atoms with van der Waals surface area (Å²) in [7, 11) is 0. The average molecular weight is 257 g/mol. The SMILES string of the molecule is C#CCC(C)NCc1cccc(OC(F)(F)F)c1. The van der Waals surface area contributed by atoms with Gasteiger partial charge in [0, 0.05) is 19.0 Å². The lowest BCUT2D eigenvalue weighted by atomic mass is 10.2. The van der Waals surface area contributed by atoms with E-state index >= 15 is 0 Å². The van der Waals surface area contributed by atoms with Crippen molar-refractivity contribution in [1.29, 1.82) is 0 Å². The summed E-state index contributed by atoms with van der Waals surface area (Å²) < 4.78 is 39.9. The fraction of sp³-hybridized carbons (Fsp3) is 0.385. The Morgan fingerprint density at radius 3 is 2.78 bits per heavy atom. The van der Waals surface area contributed by atoms with Gasteiger partial charge in [-0.15, -0.1) is 25.5 Å². The second-order valence-electron chi connectivity index (χ2n) is 3.89. The van der Waals surface area contributed by atoms with E-state index in [1.54, 1.807) is 6.07 Å². The number of benzene rings is 1. The molecule has 0 aliphatic carbocycles. The van der Waals surface area contributed by atoms with E-state index in [4.69, 9.17) is 6.42 Å². The zero-order chi connectivity index (χ0) is 13.6. The molecule has 0 aliphatic rings. The predicted octanol–water partition coefficient (Wildman–Crippen LogP) is 3.09. The summed E-state index contributed by atoms with van der Waals surface area (Å²) in [6.45, 7) is 2.35. The summed E-state index contributed by atoms with van der Waals surface area (Å²) in [4.78, 5) is 0. The molecule has 0 heterocycles. The molecule has 0 radical (unpaired) electrons. The maximum atomic E-state index is 12.0. The third kappa shape index (κ3) is 5.60. The Morgan fingerprint density at radius 2 is 2.17 bits per heavy atom. The van der Waals surface area contributed by atoms with E-state index in [9.17, 15) is 13.2 Å². The molecule has 2 nitrogen and oxygen atoms in total. The van der Waals surface area contributed by atoms with Gasteiger partial charge in [-0.1, -0.05) is 12.1 Å². The van der Waals surface area contributed by atoms with Gasteiger partial charge in [0.15, 0.2) is 0 Å². The molecule has 1 atom stereocenters. The second kappa shape index (κ2) is 6.31. The predicted molar refractivity (Wildman–Crippen MR) is 62.9 cm³/mol. The lowest BCUT2D eigenvalue weighted by molar-refractivity contribution is -0.274. The van der Waals surface area contributed by atoms with Crippen molar-refractivity contribution in [3.05, 3.63) is 29.8 Å². The van der Waals surface area contributed by atoms with E-state index in [2.05, 4.69) is 16.0 Å². The van der Waals surface area contributed by atoms with Crippen LogP contribution in [0.25, 0.3) is 0 Å². The van der Waals surface area contributed by atoms with Gasteiger partial charge in [-0.05, 0) is 24.6 Å². The lowest BCUT2D eigenvalue weighted by Crippen LogP contribution is -2.25. The molecule has 1 rings (SSSR count). The standard InChI is InChI=1S/C13H14F3NO/c1-3-5-10(2)17-9-11-6-4-7-12(8-11)18-13(14,15)16/h1,4,6-8,10,17H,5,9H2,2H3. The van der Waals surface area contributed by atoms with Crippen molar-refractivity contribution in [2.45, 2.75) is 32.3 Å². The molecule has 0 aromatic heterocycles. The van der Waals surface area contributed by atoms with Crippen LogP contribution in [0.4, 0.5) is 13.2 Å². The highest BCUT2D eigenvalue weighted by atomic mass is 19.4. The fourth-order valence-corrected chi connectivity index (χ4v) is 1.39. The lowest BCUT2D eigenvalue weighted by Gasteiger charge is -2.12. The first-order valence-corrected chi connectivity index (χ1v) is 5.42. The Kier molecular flexibility index (Phi) is 5.05. The first-order valence-electron chi connectivity index (χ1n) is 5.42. The normalized spacial score (nSPS) is 12.8. The number of nitrogens with one attached hydrogen (secondary N) is 1. The molecule has 0 saturated carbocycles. The summed E-state index contributed by atoms with van der Waals surface area (Å²) in [6, 6.07) is 5.97. The van der Waals surface area contributed by atoms with Crippen molar-refractivity contribution >= 4 is 0 Å². The van der Waals surface area contributed by atoms with Crippen LogP contribution in [0.1, 0.15) is 18.9 Å². The van der Waals surface area contributed by atoms with Crippen LogP contribution in [-0.4, -0.2) is 12.4 Å². The quantitative estimate of drug-likeness (QED) is 0.818. The van der Waals surface area contributed by atoms with Gasteiger partial charge in [0.1, 0.15) is 5.75 Å². The third-order valence-electron chi connectivity index (χ3n) is 2.21. The molecule has 0 aliphatic heterocycles. The second-order valence-corrected chi connectivity index (χ2v) is 3.89. The van der Waals surface area contributed by atoms with Crippen LogP contribution in [0.2, 0.25) is 0 Å². The molecule has 98 valence electrons. The van der Waals surface area contributed by atoms with Gasteiger partial charge >= 0.3 is 6.36 Å². The number of alkyl halides is 3. The van der Waals surface area contributed by atoms with Crippen molar-refractivity contribution in [3.63, 3.8) is 0 Å². The van der Waals surface area contributed by atoms with E-state index in [0.717, 1.165) is 0 Å². The number of hydrogen-bond acceptors (Lipinski definition) is 2.